The lowest BCUT2D eigenvalue weighted by atomic mass is 10.1. The van der Waals surface area contributed by atoms with Crippen LogP contribution in [-0.4, -0.2) is 13.2 Å². The lowest BCUT2D eigenvalue weighted by Gasteiger charge is -2.20. The molecule has 3 nitrogen and oxygen atoms in total. The van der Waals surface area contributed by atoms with Gasteiger partial charge in [0.25, 0.3) is 0 Å². The number of benzene rings is 2. The first-order chi connectivity index (χ1) is 10.2. The molecule has 0 saturated carbocycles. The Hall–Kier alpha value is -1.71. The van der Waals surface area contributed by atoms with Crippen molar-refractivity contribution in [3.8, 4) is 11.5 Å². The fourth-order valence-corrected chi connectivity index (χ4v) is 2.73. The van der Waals surface area contributed by atoms with Crippen molar-refractivity contribution >= 4 is 11.6 Å². The van der Waals surface area contributed by atoms with Crippen LogP contribution in [0, 0.1) is 6.92 Å². The van der Waals surface area contributed by atoms with Crippen molar-refractivity contribution in [1.82, 2.24) is 5.32 Å². The van der Waals surface area contributed by atoms with Crippen LogP contribution >= 0.6 is 11.6 Å². The lowest BCUT2D eigenvalue weighted by molar-refractivity contribution is 0.171. The summed E-state index contributed by atoms with van der Waals surface area (Å²) >= 11 is 6.23. The van der Waals surface area contributed by atoms with Crippen LogP contribution in [0.5, 0.6) is 11.5 Å². The van der Waals surface area contributed by atoms with E-state index in [0.29, 0.717) is 24.0 Å². The maximum atomic E-state index is 6.23. The smallest absolute Gasteiger partial charge is 0.179 e. The molecule has 0 radical (unpaired) electrons. The Morgan fingerprint density at radius 2 is 1.86 bits per heavy atom. The van der Waals surface area contributed by atoms with E-state index in [1.165, 1.54) is 11.1 Å². The van der Waals surface area contributed by atoms with E-state index >= 15 is 0 Å². The molecule has 1 heterocycles. The molecule has 0 aliphatic carbocycles. The molecule has 0 amide bonds. The first-order valence-corrected chi connectivity index (χ1v) is 7.44. The van der Waals surface area contributed by atoms with Crippen LogP contribution in [0.15, 0.2) is 36.4 Å². The Morgan fingerprint density at radius 1 is 1.05 bits per heavy atom. The third-order valence-corrected chi connectivity index (χ3v) is 3.68. The average molecular weight is 304 g/mol. The zero-order valence-corrected chi connectivity index (χ0v) is 12.7. The summed E-state index contributed by atoms with van der Waals surface area (Å²) in [7, 11) is 0. The quantitative estimate of drug-likeness (QED) is 0.934. The van der Waals surface area contributed by atoms with E-state index in [0.717, 1.165) is 24.4 Å². The zero-order chi connectivity index (χ0) is 14.7. The number of nitrogens with one attached hydrogen (secondary N) is 1. The zero-order valence-electron chi connectivity index (χ0n) is 12.0. The summed E-state index contributed by atoms with van der Waals surface area (Å²) in [4.78, 5) is 0. The summed E-state index contributed by atoms with van der Waals surface area (Å²) in [6.07, 6.45) is 0. The number of ether oxygens (including phenoxy) is 2. The minimum atomic E-state index is 0.553. The van der Waals surface area contributed by atoms with E-state index in [-0.39, 0.29) is 0 Å². The molecule has 0 fully saturated rings. The molecule has 0 spiro atoms. The van der Waals surface area contributed by atoms with Crippen LogP contribution in [0.25, 0.3) is 0 Å². The van der Waals surface area contributed by atoms with Crippen LogP contribution < -0.4 is 14.8 Å². The lowest BCUT2D eigenvalue weighted by Crippen LogP contribution is -2.17. The van der Waals surface area contributed by atoms with Gasteiger partial charge in [-0.1, -0.05) is 41.4 Å². The minimum absolute atomic E-state index is 0.553. The Bertz CT molecular complexity index is 643. The molecule has 0 atom stereocenters. The number of rotatable bonds is 4. The maximum absolute atomic E-state index is 6.23. The van der Waals surface area contributed by atoms with Gasteiger partial charge < -0.3 is 14.8 Å². The predicted molar refractivity (Wildman–Crippen MR) is 84.2 cm³/mol. The van der Waals surface area contributed by atoms with Gasteiger partial charge in [0.05, 0.1) is 5.02 Å². The van der Waals surface area contributed by atoms with Crippen molar-refractivity contribution in [2.75, 3.05) is 13.2 Å². The number of aryl methyl sites for hydroxylation is 1. The Morgan fingerprint density at radius 3 is 2.71 bits per heavy atom. The van der Waals surface area contributed by atoms with E-state index in [4.69, 9.17) is 21.1 Å². The van der Waals surface area contributed by atoms with Gasteiger partial charge in [-0.3, -0.25) is 0 Å². The largest absolute Gasteiger partial charge is 0.486 e. The Labute approximate surface area is 129 Å². The SMILES string of the molecule is Cc1cccc(CNCc2cc(Cl)c3c(c2)OCCO3)c1. The highest BCUT2D eigenvalue weighted by Gasteiger charge is 2.16. The van der Waals surface area contributed by atoms with Gasteiger partial charge in [-0.25, -0.2) is 0 Å². The maximum Gasteiger partial charge on any atom is 0.179 e. The van der Waals surface area contributed by atoms with Gasteiger partial charge in [-0.2, -0.15) is 0 Å². The molecule has 2 aromatic rings. The molecular weight excluding hydrogens is 286 g/mol. The third kappa shape index (κ3) is 3.49. The van der Waals surface area contributed by atoms with E-state index in [1.807, 2.05) is 12.1 Å². The molecule has 21 heavy (non-hydrogen) atoms. The van der Waals surface area contributed by atoms with E-state index in [1.54, 1.807) is 0 Å². The molecule has 1 N–H and O–H groups in total. The minimum Gasteiger partial charge on any atom is -0.486 e. The number of fused-ring (bicyclic) bond motifs is 1. The number of hydrogen-bond donors (Lipinski definition) is 1. The van der Waals surface area contributed by atoms with E-state index in [9.17, 15) is 0 Å². The highest BCUT2D eigenvalue weighted by atomic mass is 35.5. The second kappa shape index (κ2) is 6.37. The molecule has 0 bridgehead atoms. The van der Waals surface area contributed by atoms with Gasteiger partial charge in [0, 0.05) is 13.1 Å². The predicted octanol–water partition coefficient (Wildman–Crippen LogP) is 3.71. The normalized spacial score (nSPS) is 13.2. The summed E-state index contributed by atoms with van der Waals surface area (Å²) in [6, 6.07) is 12.4. The number of halogens is 1. The average Bonchev–Trinajstić information content (AvgIpc) is 2.47. The first kappa shape index (κ1) is 14.2. The molecule has 3 rings (SSSR count). The molecular formula is C17H18ClNO2. The molecule has 110 valence electrons. The second-order valence-electron chi connectivity index (χ2n) is 5.19. The van der Waals surface area contributed by atoms with Gasteiger partial charge in [0.15, 0.2) is 11.5 Å². The fourth-order valence-electron chi connectivity index (χ4n) is 2.44. The van der Waals surface area contributed by atoms with Crippen LogP contribution in [0.2, 0.25) is 5.02 Å². The van der Waals surface area contributed by atoms with Gasteiger partial charge >= 0.3 is 0 Å². The van der Waals surface area contributed by atoms with Crippen molar-refractivity contribution < 1.29 is 9.47 Å². The van der Waals surface area contributed by atoms with Gasteiger partial charge in [-0.05, 0) is 30.2 Å². The molecule has 4 heteroatoms. The van der Waals surface area contributed by atoms with Crippen molar-refractivity contribution in [1.29, 1.82) is 0 Å². The molecule has 2 aromatic carbocycles. The standard InChI is InChI=1S/C17H18ClNO2/c1-12-3-2-4-13(7-12)10-19-11-14-8-15(18)17-16(9-14)20-5-6-21-17/h2-4,7-9,19H,5-6,10-11H2,1H3. The highest BCUT2D eigenvalue weighted by molar-refractivity contribution is 6.32. The van der Waals surface area contributed by atoms with Gasteiger partial charge in [0.1, 0.15) is 13.2 Å². The van der Waals surface area contributed by atoms with Crippen LogP contribution in [0.4, 0.5) is 0 Å². The third-order valence-electron chi connectivity index (χ3n) is 3.40. The summed E-state index contributed by atoms with van der Waals surface area (Å²) in [6.45, 7) is 4.79. The van der Waals surface area contributed by atoms with Gasteiger partial charge in [-0.15, -0.1) is 0 Å². The Kier molecular flexibility index (Phi) is 4.32. The van der Waals surface area contributed by atoms with E-state index in [2.05, 4.69) is 36.5 Å². The first-order valence-electron chi connectivity index (χ1n) is 7.06. The molecule has 0 unspecified atom stereocenters. The molecule has 1 aliphatic rings. The summed E-state index contributed by atoms with van der Waals surface area (Å²) in [5.41, 5.74) is 3.65. The summed E-state index contributed by atoms with van der Waals surface area (Å²) < 4.78 is 11.1. The van der Waals surface area contributed by atoms with Crippen LogP contribution in [0.1, 0.15) is 16.7 Å². The molecule has 0 saturated heterocycles. The van der Waals surface area contributed by atoms with E-state index < -0.39 is 0 Å². The molecule has 1 aliphatic heterocycles. The summed E-state index contributed by atoms with van der Waals surface area (Å²) in [5, 5.41) is 4.03. The monoisotopic (exact) mass is 303 g/mol. The van der Waals surface area contributed by atoms with Crippen molar-refractivity contribution in [2.24, 2.45) is 0 Å². The Balaban J connectivity index is 1.64. The number of hydrogen-bond acceptors (Lipinski definition) is 3. The van der Waals surface area contributed by atoms with Crippen LogP contribution in [-0.2, 0) is 13.1 Å². The topological polar surface area (TPSA) is 30.5 Å². The van der Waals surface area contributed by atoms with Crippen molar-refractivity contribution in [3.63, 3.8) is 0 Å². The fraction of sp³-hybridized carbons (Fsp3) is 0.294. The highest BCUT2D eigenvalue weighted by Crippen LogP contribution is 2.38. The second-order valence-corrected chi connectivity index (χ2v) is 5.60. The van der Waals surface area contributed by atoms with Gasteiger partial charge in [0.2, 0.25) is 0 Å². The van der Waals surface area contributed by atoms with Crippen molar-refractivity contribution in [3.05, 3.63) is 58.1 Å². The summed E-state index contributed by atoms with van der Waals surface area (Å²) in [5.74, 6) is 1.39. The van der Waals surface area contributed by atoms with Crippen molar-refractivity contribution in [2.45, 2.75) is 20.0 Å². The molecule has 0 aromatic heterocycles. The van der Waals surface area contributed by atoms with Crippen LogP contribution in [0.3, 0.4) is 0 Å².